The van der Waals surface area contributed by atoms with E-state index in [-0.39, 0.29) is 0 Å². The van der Waals surface area contributed by atoms with E-state index in [0.717, 1.165) is 18.9 Å². The number of carboxylic acid groups (broad SMARTS) is 2. The summed E-state index contributed by atoms with van der Waals surface area (Å²) in [5.74, 6) is -2.43. The number of nitrogens with zero attached hydrogens (tertiary/aromatic N) is 2. The second kappa shape index (κ2) is 9.92. The summed E-state index contributed by atoms with van der Waals surface area (Å²) in [5.41, 5.74) is 1.34. The number of aliphatic hydroxyl groups excluding tert-OH is 2. The van der Waals surface area contributed by atoms with Crippen molar-refractivity contribution in [3.63, 3.8) is 0 Å². The molecule has 2 rings (SSSR count). The summed E-state index contributed by atoms with van der Waals surface area (Å²) in [6, 6.07) is 2.15. The van der Waals surface area contributed by atoms with Crippen LogP contribution in [-0.4, -0.2) is 75.4 Å². The molecule has 0 spiro atoms. The van der Waals surface area contributed by atoms with E-state index in [2.05, 4.69) is 47.5 Å². The van der Waals surface area contributed by atoms with Crippen molar-refractivity contribution in [3.05, 3.63) is 28.0 Å². The van der Waals surface area contributed by atoms with Crippen LogP contribution in [0.2, 0.25) is 0 Å². The molecule has 9 heteroatoms. The number of thiophene rings is 1. The van der Waals surface area contributed by atoms with Crippen LogP contribution in [0, 0.1) is 6.92 Å². The summed E-state index contributed by atoms with van der Waals surface area (Å²) in [6.07, 6.45) is 0.930. The predicted octanol–water partition coefficient (Wildman–Crippen LogP) is 0.681. The maximum atomic E-state index is 9.77. The molecule has 0 saturated heterocycles. The zero-order valence-electron chi connectivity index (χ0n) is 14.0. The molecule has 1 aliphatic heterocycles. The van der Waals surface area contributed by atoms with E-state index in [1.54, 1.807) is 11.3 Å². The van der Waals surface area contributed by atoms with E-state index < -0.39 is 24.1 Å². The van der Waals surface area contributed by atoms with E-state index in [1.165, 1.54) is 16.9 Å². The summed E-state index contributed by atoms with van der Waals surface area (Å²) in [6.45, 7) is 4.22. The molecule has 0 aromatic carbocycles. The van der Waals surface area contributed by atoms with Gasteiger partial charge in [-0.25, -0.2) is 9.59 Å². The Morgan fingerprint density at radius 1 is 1.24 bits per heavy atom. The maximum Gasteiger partial charge on any atom is 0.335 e. The van der Waals surface area contributed by atoms with E-state index >= 15 is 0 Å². The van der Waals surface area contributed by atoms with Gasteiger partial charge in [-0.2, -0.15) is 0 Å². The van der Waals surface area contributed by atoms with Crippen molar-refractivity contribution < 1.29 is 30.0 Å². The van der Waals surface area contributed by atoms with Gasteiger partial charge >= 0.3 is 11.9 Å². The highest BCUT2D eigenvalue weighted by Crippen LogP contribution is 2.17. The second-order valence-electron chi connectivity index (χ2n) is 5.38. The number of rotatable bonds is 5. The quantitative estimate of drug-likeness (QED) is 0.599. The lowest BCUT2D eigenvalue weighted by atomic mass is 10.2. The third-order valence-electron chi connectivity index (χ3n) is 3.41. The lowest BCUT2D eigenvalue weighted by Crippen LogP contribution is -2.39. The number of carbonyl (C=O) groups is 2. The SMILES string of the molecule is Cc1ccsc1/C=C\C1=NCCCN1C.O=C(O)[C@@H](O)[C@@H](O)C(=O)O. The van der Waals surface area contributed by atoms with Gasteiger partial charge in [-0.15, -0.1) is 11.3 Å². The molecule has 1 aromatic heterocycles. The minimum atomic E-state index is -2.27. The molecule has 0 aliphatic carbocycles. The summed E-state index contributed by atoms with van der Waals surface area (Å²) < 4.78 is 0. The van der Waals surface area contributed by atoms with Gasteiger partial charge in [0.2, 0.25) is 0 Å². The van der Waals surface area contributed by atoms with Crippen LogP contribution in [0.3, 0.4) is 0 Å². The van der Waals surface area contributed by atoms with E-state index in [1.807, 2.05) is 0 Å². The monoisotopic (exact) mass is 370 g/mol. The molecule has 8 nitrogen and oxygen atoms in total. The van der Waals surface area contributed by atoms with Crippen molar-refractivity contribution in [3.8, 4) is 0 Å². The summed E-state index contributed by atoms with van der Waals surface area (Å²) in [7, 11) is 2.10. The van der Waals surface area contributed by atoms with Crippen LogP contribution in [0.4, 0.5) is 0 Å². The first-order valence-electron chi connectivity index (χ1n) is 7.53. The number of amidine groups is 1. The van der Waals surface area contributed by atoms with Gasteiger partial charge in [0.15, 0.2) is 12.2 Å². The summed E-state index contributed by atoms with van der Waals surface area (Å²) in [5, 5.41) is 34.7. The fraction of sp³-hybridized carbons (Fsp3) is 0.438. The van der Waals surface area contributed by atoms with Crippen molar-refractivity contribution in [2.75, 3.05) is 20.1 Å². The molecule has 4 N–H and O–H groups in total. The van der Waals surface area contributed by atoms with Crippen LogP contribution < -0.4 is 0 Å². The first-order valence-corrected chi connectivity index (χ1v) is 8.41. The third-order valence-corrected chi connectivity index (χ3v) is 4.39. The minimum Gasteiger partial charge on any atom is -0.479 e. The highest BCUT2D eigenvalue weighted by atomic mass is 32.1. The van der Waals surface area contributed by atoms with Crippen LogP contribution in [0.15, 0.2) is 22.5 Å². The average Bonchev–Trinajstić information content (AvgIpc) is 2.98. The summed E-state index contributed by atoms with van der Waals surface area (Å²) >= 11 is 1.78. The first-order chi connectivity index (χ1) is 11.7. The van der Waals surface area contributed by atoms with Gasteiger partial charge < -0.3 is 25.3 Å². The predicted molar refractivity (Wildman–Crippen MR) is 94.9 cm³/mol. The van der Waals surface area contributed by atoms with Crippen LogP contribution in [0.1, 0.15) is 16.9 Å². The van der Waals surface area contributed by atoms with Gasteiger partial charge in [0.05, 0.1) is 0 Å². The third kappa shape index (κ3) is 6.65. The van der Waals surface area contributed by atoms with Crippen LogP contribution in [0.25, 0.3) is 6.08 Å². The maximum absolute atomic E-state index is 9.77. The second-order valence-corrected chi connectivity index (χ2v) is 6.33. The van der Waals surface area contributed by atoms with Crippen molar-refractivity contribution in [2.24, 2.45) is 4.99 Å². The molecule has 25 heavy (non-hydrogen) atoms. The normalized spacial score (nSPS) is 16.6. The van der Waals surface area contributed by atoms with Crippen LogP contribution in [-0.2, 0) is 9.59 Å². The molecule has 0 saturated carbocycles. The van der Waals surface area contributed by atoms with Crippen molar-refractivity contribution >= 4 is 35.2 Å². The molecule has 0 unspecified atom stereocenters. The van der Waals surface area contributed by atoms with E-state index in [9.17, 15) is 9.59 Å². The number of carboxylic acids is 2. The van der Waals surface area contributed by atoms with Gasteiger partial charge in [0.1, 0.15) is 5.84 Å². The Bertz CT molecular complexity index is 637. The van der Waals surface area contributed by atoms with Crippen LogP contribution in [0.5, 0.6) is 0 Å². The molecule has 1 aliphatic rings. The van der Waals surface area contributed by atoms with E-state index in [4.69, 9.17) is 20.4 Å². The topological polar surface area (TPSA) is 131 Å². The molecule has 2 heterocycles. The average molecular weight is 370 g/mol. The molecule has 2 atom stereocenters. The Hall–Kier alpha value is -2.23. The first kappa shape index (κ1) is 20.8. The van der Waals surface area contributed by atoms with E-state index in [0.29, 0.717) is 0 Å². The van der Waals surface area contributed by atoms with Crippen molar-refractivity contribution in [1.82, 2.24) is 4.90 Å². The number of aliphatic hydroxyl groups is 2. The Balaban J connectivity index is 0.000000275. The Labute approximate surface area is 149 Å². The number of hydrogen-bond donors (Lipinski definition) is 4. The lowest BCUT2D eigenvalue weighted by molar-refractivity contribution is -0.165. The number of hydrogen-bond acceptors (Lipinski definition) is 7. The fourth-order valence-electron chi connectivity index (χ4n) is 1.89. The molecular formula is C16H22N2O6S. The van der Waals surface area contributed by atoms with Gasteiger partial charge in [0, 0.05) is 25.0 Å². The van der Waals surface area contributed by atoms with Crippen LogP contribution >= 0.6 is 11.3 Å². The number of likely N-dealkylation sites (N-methyl/N-ethyl adjacent to an activating group) is 1. The number of aryl methyl sites for hydroxylation is 1. The zero-order chi connectivity index (χ0) is 19.0. The largest absolute Gasteiger partial charge is 0.479 e. The highest BCUT2D eigenvalue weighted by molar-refractivity contribution is 7.11. The molecule has 0 fully saturated rings. The summed E-state index contributed by atoms with van der Waals surface area (Å²) in [4.78, 5) is 27.6. The Morgan fingerprint density at radius 2 is 1.84 bits per heavy atom. The highest BCUT2D eigenvalue weighted by Gasteiger charge is 2.29. The molecule has 0 amide bonds. The molecule has 1 aromatic rings. The van der Waals surface area contributed by atoms with Crippen molar-refractivity contribution in [2.45, 2.75) is 25.6 Å². The molecule has 138 valence electrons. The minimum absolute atomic E-state index is 0.966. The van der Waals surface area contributed by atoms with Gasteiger partial charge in [-0.3, -0.25) is 4.99 Å². The van der Waals surface area contributed by atoms with Gasteiger partial charge in [0.25, 0.3) is 0 Å². The molecular weight excluding hydrogens is 348 g/mol. The number of aliphatic imine (C=N–C) groups is 1. The molecule has 0 bridgehead atoms. The van der Waals surface area contributed by atoms with Gasteiger partial charge in [-0.1, -0.05) is 0 Å². The molecule has 0 radical (unpaired) electrons. The van der Waals surface area contributed by atoms with Crippen molar-refractivity contribution in [1.29, 1.82) is 0 Å². The smallest absolute Gasteiger partial charge is 0.335 e. The number of aliphatic carboxylic acids is 2. The fourth-order valence-corrected chi connectivity index (χ4v) is 2.71. The Kier molecular flexibility index (Phi) is 8.26. The van der Waals surface area contributed by atoms with Gasteiger partial charge in [-0.05, 0) is 42.5 Å². The standard InChI is InChI=1S/C12H16N2S.C4H6O6/c1-10-6-9-15-11(10)4-5-12-13-7-3-8-14(12)2;5-1(3(7)8)2(6)4(9)10/h4-6,9H,3,7-8H2,1-2H3;1-2,5-6H,(H,7,8)(H,9,10)/b5-4-;/t;1-,2+. The Morgan fingerprint density at radius 3 is 2.28 bits per heavy atom. The zero-order valence-corrected chi connectivity index (χ0v) is 14.8. The lowest BCUT2D eigenvalue weighted by Gasteiger charge is -2.22.